The summed E-state index contributed by atoms with van der Waals surface area (Å²) in [6.07, 6.45) is 0.945. The lowest BCUT2D eigenvalue weighted by Gasteiger charge is -2.22. The highest BCUT2D eigenvalue weighted by Crippen LogP contribution is 2.23. The zero-order valence-electron chi connectivity index (χ0n) is 15.3. The van der Waals surface area contributed by atoms with Crippen LogP contribution in [0.4, 0.5) is 0 Å². The Bertz CT molecular complexity index is 860. The standard InChI is InChI=1S/C23H25NO2/c1-3-21(18-11-6-5-7-12-18)24-23(25)22(4-2)26-20-15-14-17-10-8-9-13-19(17)16-20/h5-16,21-22H,3-4H2,1-2H3,(H,24,25). The zero-order valence-corrected chi connectivity index (χ0v) is 15.3. The van der Waals surface area contributed by atoms with E-state index in [-0.39, 0.29) is 11.9 Å². The van der Waals surface area contributed by atoms with Gasteiger partial charge in [0.1, 0.15) is 5.75 Å². The van der Waals surface area contributed by atoms with E-state index in [1.54, 1.807) is 0 Å². The van der Waals surface area contributed by atoms with Gasteiger partial charge < -0.3 is 10.1 Å². The Morgan fingerprint density at radius 2 is 1.58 bits per heavy atom. The molecule has 0 aliphatic carbocycles. The first kappa shape index (κ1) is 18.0. The van der Waals surface area contributed by atoms with Crippen LogP contribution < -0.4 is 10.1 Å². The van der Waals surface area contributed by atoms with E-state index in [2.05, 4.69) is 18.3 Å². The largest absolute Gasteiger partial charge is 0.481 e. The number of carbonyl (C=O) groups excluding carboxylic acids is 1. The Labute approximate surface area is 155 Å². The molecule has 134 valence electrons. The van der Waals surface area contributed by atoms with Gasteiger partial charge in [-0.3, -0.25) is 4.79 Å². The van der Waals surface area contributed by atoms with Gasteiger partial charge in [0.25, 0.3) is 5.91 Å². The molecule has 0 heterocycles. The average Bonchev–Trinajstić information content (AvgIpc) is 2.70. The van der Waals surface area contributed by atoms with E-state index in [1.807, 2.05) is 73.7 Å². The third-order valence-corrected chi connectivity index (χ3v) is 4.59. The molecule has 3 heteroatoms. The minimum Gasteiger partial charge on any atom is -0.481 e. The van der Waals surface area contributed by atoms with Crippen molar-refractivity contribution < 1.29 is 9.53 Å². The Morgan fingerprint density at radius 3 is 2.27 bits per heavy atom. The van der Waals surface area contributed by atoms with Crippen LogP contribution in [-0.4, -0.2) is 12.0 Å². The Morgan fingerprint density at radius 1 is 0.885 bits per heavy atom. The van der Waals surface area contributed by atoms with E-state index in [0.717, 1.165) is 28.5 Å². The highest BCUT2D eigenvalue weighted by atomic mass is 16.5. The van der Waals surface area contributed by atoms with E-state index >= 15 is 0 Å². The van der Waals surface area contributed by atoms with Crippen LogP contribution in [-0.2, 0) is 4.79 Å². The van der Waals surface area contributed by atoms with Crippen LogP contribution in [0.3, 0.4) is 0 Å². The molecule has 0 aliphatic heterocycles. The van der Waals surface area contributed by atoms with Crippen molar-refractivity contribution in [2.75, 3.05) is 0 Å². The van der Waals surface area contributed by atoms with Crippen molar-refractivity contribution in [3.8, 4) is 5.75 Å². The summed E-state index contributed by atoms with van der Waals surface area (Å²) >= 11 is 0. The lowest BCUT2D eigenvalue weighted by Crippen LogP contribution is -2.39. The molecule has 1 amide bonds. The first-order valence-corrected chi connectivity index (χ1v) is 9.22. The van der Waals surface area contributed by atoms with Crippen molar-refractivity contribution in [3.05, 3.63) is 78.4 Å². The molecule has 2 atom stereocenters. The van der Waals surface area contributed by atoms with E-state index in [9.17, 15) is 4.79 Å². The van der Waals surface area contributed by atoms with Gasteiger partial charge in [-0.1, -0.05) is 74.5 Å². The van der Waals surface area contributed by atoms with E-state index < -0.39 is 6.10 Å². The van der Waals surface area contributed by atoms with Gasteiger partial charge >= 0.3 is 0 Å². The van der Waals surface area contributed by atoms with Crippen molar-refractivity contribution in [1.82, 2.24) is 5.32 Å². The third-order valence-electron chi connectivity index (χ3n) is 4.59. The number of amides is 1. The highest BCUT2D eigenvalue weighted by molar-refractivity contribution is 5.84. The second-order valence-corrected chi connectivity index (χ2v) is 6.40. The lowest BCUT2D eigenvalue weighted by atomic mass is 10.0. The molecule has 0 bridgehead atoms. The van der Waals surface area contributed by atoms with Gasteiger partial charge in [-0.2, -0.15) is 0 Å². The van der Waals surface area contributed by atoms with Gasteiger partial charge in [0.05, 0.1) is 6.04 Å². The fraction of sp³-hybridized carbons (Fsp3) is 0.261. The van der Waals surface area contributed by atoms with Crippen molar-refractivity contribution in [2.45, 2.75) is 38.8 Å². The minimum absolute atomic E-state index is 0.00189. The molecule has 2 unspecified atom stereocenters. The molecule has 0 fully saturated rings. The fourth-order valence-electron chi connectivity index (χ4n) is 3.10. The smallest absolute Gasteiger partial charge is 0.261 e. The number of nitrogens with one attached hydrogen (secondary N) is 1. The number of hydrogen-bond donors (Lipinski definition) is 1. The number of benzene rings is 3. The van der Waals surface area contributed by atoms with Crippen molar-refractivity contribution in [3.63, 3.8) is 0 Å². The predicted molar refractivity (Wildman–Crippen MR) is 106 cm³/mol. The molecule has 3 nitrogen and oxygen atoms in total. The van der Waals surface area contributed by atoms with Gasteiger partial charge in [0.15, 0.2) is 6.10 Å². The molecule has 0 radical (unpaired) electrons. The molecule has 0 spiro atoms. The van der Waals surface area contributed by atoms with Gasteiger partial charge in [-0.05, 0) is 41.3 Å². The predicted octanol–water partition coefficient (Wildman–Crippen LogP) is 5.26. The Kier molecular flexibility index (Phi) is 5.90. The lowest BCUT2D eigenvalue weighted by molar-refractivity contribution is -0.128. The van der Waals surface area contributed by atoms with Gasteiger partial charge in [0, 0.05) is 0 Å². The van der Waals surface area contributed by atoms with Crippen molar-refractivity contribution in [2.24, 2.45) is 0 Å². The number of rotatable bonds is 7. The maximum Gasteiger partial charge on any atom is 0.261 e. The zero-order chi connectivity index (χ0) is 18.4. The monoisotopic (exact) mass is 347 g/mol. The Balaban J connectivity index is 1.71. The van der Waals surface area contributed by atoms with Crippen LogP contribution in [0.1, 0.15) is 38.3 Å². The summed E-state index contributed by atoms with van der Waals surface area (Å²) in [4.78, 5) is 12.7. The van der Waals surface area contributed by atoms with Gasteiger partial charge in [-0.25, -0.2) is 0 Å². The quantitative estimate of drug-likeness (QED) is 0.633. The molecular formula is C23H25NO2. The molecule has 3 aromatic carbocycles. The van der Waals surface area contributed by atoms with Crippen LogP contribution in [0, 0.1) is 0 Å². The summed E-state index contributed by atoms with van der Waals surface area (Å²) < 4.78 is 6.00. The van der Waals surface area contributed by atoms with Crippen LogP contribution in [0.25, 0.3) is 10.8 Å². The van der Waals surface area contributed by atoms with Crippen LogP contribution in [0.2, 0.25) is 0 Å². The number of ether oxygens (including phenoxy) is 1. The molecule has 0 aliphatic rings. The molecule has 0 saturated heterocycles. The highest BCUT2D eigenvalue weighted by Gasteiger charge is 2.22. The van der Waals surface area contributed by atoms with E-state index in [4.69, 9.17) is 4.74 Å². The molecule has 1 N–H and O–H groups in total. The van der Waals surface area contributed by atoms with Gasteiger partial charge in [0.2, 0.25) is 0 Å². The fourth-order valence-corrected chi connectivity index (χ4v) is 3.10. The molecular weight excluding hydrogens is 322 g/mol. The third kappa shape index (κ3) is 4.23. The Hall–Kier alpha value is -2.81. The molecule has 0 saturated carbocycles. The van der Waals surface area contributed by atoms with Crippen LogP contribution >= 0.6 is 0 Å². The maximum absolute atomic E-state index is 12.7. The van der Waals surface area contributed by atoms with Crippen molar-refractivity contribution >= 4 is 16.7 Å². The second kappa shape index (κ2) is 8.52. The van der Waals surface area contributed by atoms with E-state index in [1.165, 1.54) is 0 Å². The normalized spacial score (nSPS) is 13.2. The number of carbonyl (C=O) groups is 1. The first-order valence-electron chi connectivity index (χ1n) is 9.22. The molecule has 26 heavy (non-hydrogen) atoms. The maximum atomic E-state index is 12.7. The molecule has 3 aromatic rings. The second-order valence-electron chi connectivity index (χ2n) is 6.40. The average molecular weight is 347 g/mol. The van der Waals surface area contributed by atoms with E-state index in [0.29, 0.717) is 6.42 Å². The summed E-state index contributed by atoms with van der Waals surface area (Å²) in [6.45, 7) is 4.04. The number of hydrogen-bond acceptors (Lipinski definition) is 2. The summed E-state index contributed by atoms with van der Waals surface area (Å²) in [7, 11) is 0. The summed E-state index contributed by atoms with van der Waals surface area (Å²) in [5.74, 6) is 0.648. The molecule has 3 rings (SSSR count). The minimum atomic E-state index is -0.506. The summed E-state index contributed by atoms with van der Waals surface area (Å²) in [5, 5.41) is 5.39. The van der Waals surface area contributed by atoms with Gasteiger partial charge in [-0.15, -0.1) is 0 Å². The van der Waals surface area contributed by atoms with Crippen LogP contribution in [0.15, 0.2) is 72.8 Å². The SMILES string of the molecule is CCC(Oc1ccc2ccccc2c1)C(=O)NC(CC)c1ccccc1. The van der Waals surface area contributed by atoms with Crippen molar-refractivity contribution in [1.29, 1.82) is 0 Å². The number of fused-ring (bicyclic) bond motifs is 1. The summed E-state index contributed by atoms with van der Waals surface area (Å²) in [5.41, 5.74) is 1.11. The first-order chi connectivity index (χ1) is 12.7. The summed E-state index contributed by atoms with van der Waals surface area (Å²) in [6, 6.07) is 24.1. The topological polar surface area (TPSA) is 38.3 Å². The van der Waals surface area contributed by atoms with Crippen LogP contribution in [0.5, 0.6) is 5.75 Å². The molecule has 0 aromatic heterocycles.